The third kappa shape index (κ3) is 1.99. The number of ether oxygens (including phenoxy) is 1. The van der Waals surface area contributed by atoms with Crippen LogP contribution in [0.25, 0.3) is 0 Å². The lowest BCUT2D eigenvalue weighted by atomic mass is 9.69. The molecule has 0 spiro atoms. The first kappa shape index (κ1) is 11.6. The monoisotopic (exact) mass is 241 g/mol. The van der Waals surface area contributed by atoms with Crippen molar-refractivity contribution in [2.24, 2.45) is 11.8 Å². The third-order valence-electron chi connectivity index (χ3n) is 3.36. The maximum Gasteiger partial charge on any atom is 0.216 e. The fraction of sp³-hybridized carbons (Fsp3) is 0.636. The average Bonchev–Trinajstić information content (AvgIpc) is 2.27. The van der Waals surface area contributed by atoms with Crippen molar-refractivity contribution in [1.29, 1.82) is 0 Å². The van der Waals surface area contributed by atoms with Crippen LogP contribution in [0, 0.1) is 18.8 Å². The van der Waals surface area contributed by atoms with Crippen molar-refractivity contribution in [2.45, 2.75) is 19.4 Å². The standard InChI is InChI=1S/C11H15N3O.ClH/c1-7-13-3-2-10(14-7)15-11-8-4-9(11)6-12-5-8;/h2-3,8-9,11-12H,4-6H2,1H3;1H/t8-,9+,11?;. The molecule has 1 saturated carbocycles. The van der Waals surface area contributed by atoms with Gasteiger partial charge in [-0.1, -0.05) is 0 Å². The molecule has 0 radical (unpaired) electrons. The van der Waals surface area contributed by atoms with E-state index in [1.54, 1.807) is 6.20 Å². The summed E-state index contributed by atoms with van der Waals surface area (Å²) in [5, 5.41) is 3.40. The van der Waals surface area contributed by atoms with Crippen molar-refractivity contribution >= 4 is 12.4 Å². The Hall–Kier alpha value is -0.870. The lowest BCUT2D eigenvalue weighted by Crippen LogP contribution is -2.59. The molecular weight excluding hydrogens is 226 g/mol. The van der Waals surface area contributed by atoms with Gasteiger partial charge >= 0.3 is 0 Å². The van der Waals surface area contributed by atoms with Crippen LogP contribution >= 0.6 is 12.4 Å². The van der Waals surface area contributed by atoms with Gasteiger partial charge < -0.3 is 10.1 Å². The fourth-order valence-corrected chi connectivity index (χ4v) is 2.53. The number of aryl methyl sites for hydroxylation is 1. The molecule has 4 nitrogen and oxygen atoms in total. The number of nitrogens with zero attached hydrogens (tertiary/aromatic N) is 2. The van der Waals surface area contributed by atoms with Crippen molar-refractivity contribution < 1.29 is 4.74 Å². The molecule has 1 N–H and O–H groups in total. The summed E-state index contributed by atoms with van der Waals surface area (Å²) in [5.41, 5.74) is 0. The van der Waals surface area contributed by atoms with Gasteiger partial charge in [0.2, 0.25) is 5.88 Å². The lowest BCUT2D eigenvalue weighted by Gasteiger charge is -2.48. The van der Waals surface area contributed by atoms with Crippen LogP contribution in [0.5, 0.6) is 5.88 Å². The highest BCUT2D eigenvalue weighted by Crippen LogP contribution is 2.38. The van der Waals surface area contributed by atoms with Gasteiger partial charge in [-0.15, -0.1) is 12.4 Å². The summed E-state index contributed by atoms with van der Waals surface area (Å²) in [4.78, 5) is 8.33. The zero-order chi connectivity index (χ0) is 10.3. The van der Waals surface area contributed by atoms with Gasteiger partial charge in [0.1, 0.15) is 11.9 Å². The van der Waals surface area contributed by atoms with Gasteiger partial charge in [-0.25, -0.2) is 4.98 Å². The average molecular weight is 242 g/mol. The Morgan fingerprint density at radius 3 is 2.75 bits per heavy atom. The Morgan fingerprint density at radius 2 is 2.12 bits per heavy atom. The smallest absolute Gasteiger partial charge is 0.216 e. The van der Waals surface area contributed by atoms with E-state index in [4.69, 9.17) is 4.74 Å². The molecule has 5 heteroatoms. The van der Waals surface area contributed by atoms with E-state index in [0.717, 1.165) is 24.8 Å². The Kier molecular flexibility index (Phi) is 3.30. The molecule has 1 aromatic heterocycles. The summed E-state index contributed by atoms with van der Waals surface area (Å²) in [7, 11) is 0. The number of hydrogen-bond donors (Lipinski definition) is 1. The van der Waals surface area contributed by atoms with Gasteiger partial charge in [-0.3, -0.25) is 0 Å². The van der Waals surface area contributed by atoms with E-state index in [9.17, 15) is 0 Å². The van der Waals surface area contributed by atoms with Gasteiger partial charge in [0.25, 0.3) is 0 Å². The second-order valence-electron chi connectivity index (χ2n) is 4.44. The quantitative estimate of drug-likeness (QED) is 0.845. The van der Waals surface area contributed by atoms with Crippen LogP contribution in [0.15, 0.2) is 12.3 Å². The number of aromatic nitrogens is 2. The molecule has 2 fully saturated rings. The first-order chi connectivity index (χ1) is 7.33. The van der Waals surface area contributed by atoms with Crippen LogP contribution in [0.2, 0.25) is 0 Å². The second kappa shape index (κ2) is 4.55. The Morgan fingerprint density at radius 1 is 1.38 bits per heavy atom. The predicted molar refractivity (Wildman–Crippen MR) is 62.9 cm³/mol. The largest absolute Gasteiger partial charge is 0.474 e. The van der Waals surface area contributed by atoms with E-state index < -0.39 is 0 Å². The zero-order valence-electron chi connectivity index (χ0n) is 9.22. The van der Waals surface area contributed by atoms with Crippen molar-refractivity contribution in [3.05, 3.63) is 18.1 Å². The minimum absolute atomic E-state index is 0. The van der Waals surface area contributed by atoms with Crippen molar-refractivity contribution in [1.82, 2.24) is 15.3 Å². The summed E-state index contributed by atoms with van der Waals surface area (Å²) in [6, 6.07) is 1.84. The van der Waals surface area contributed by atoms with Gasteiger partial charge in [0.15, 0.2) is 0 Å². The molecule has 1 saturated heterocycles. The molecule has 1 unspecified atom stereocenters. The van der Waals surface area contributed by atoms with Crippen LogP contribution in [0.4, 0.5) is 0 Å². The molecule has 1 aromatic rings. The summed E-state index contributed by atoms with van der Waals surface area (Å²) in [6.07, 6.45) is 3.44. The van der Waals surface area contributed by atoms with Crippen molar-refractivity contribution in [3.8, 4) is 5.88 Å². The van der Waals surface area contributed by atoms with Gasteiger partial charge in [-0.05, 0) is 13.3 Å². The molecule has 3 rings (SSSR count). The minimum Gasteiger partial charge on any atom is -0.474 e. The van der Waals surface area contributed by atoms with E-state index in [-0.39, 0.29) is 12.4 Å². The highest BCUT2D eigenvalue weighted by Gasteiger charge is 2.45. The highest BCUT2D eigenvalue weighted by atomic mass is 35.5. The van der Waals surface area contributed by atoms with Crippen LogP contribution in [-0.2, 0) is 0 Å². The third-order valence-corrected chi connectivity index (χ3v) is 3.36. The molecule has 1 aliphatic heterocycles. The zero-order valence-corrected chi connectivity index (χ0v) is 10.0. The summed E-state index contributed by atoms with van der Waals surface area (Å²) in [5.74, 6) is 2.86. The number of halogens is 1. The summed E-state index contributed by atoms with van der Waals surface area (Å²) in [6.45, 7) is 4.06. The van der Waals surface area contributed by atoms with E-state index in [2.05, 4.69) is 15.3 Å². The van der Waals surface area contributed by atoms with Crippen molar-refractivity contribution in [3.63, 3.8) is 0 Å². The molecular formula is C11H16ClN3O. The summed E-state index contributed by atoms with van der Waals surface area (Å²) < 4.78 is 5.91. The normalized spacial score (nSPS) is 31.2. The van der Waals surface area contributed by atoms with Gasteiger partial charge in [-0.2, -0.15) is 4.98 Å². The first-order valence-corrected chi connectivity index (χ1v) is 5.50. The predicted octanol–water partition coefficient (Wildman–Crippen LogP) is 1.19. The fourth-order valence-electron chi connectivity index (χ4n) is 2.53. The molecule has 2 aliphatic rings. The van der Waals surface area contributed by atoms with E-state index in [1.807, 2.05) is 13.0 Å². The molecule has 0 aromatic carbocycles. The highest BCUT2D eigenvalue weighted by molar-refractivity contribution is 5.85. The van der Waals surface area contributed by atoms with Gasteiger partial charge in [0, 0.05) is 37.2 Å². The maximum atomic E-state index is 5.91. The molecule has 2 heterocycles. The molecule has 88 valence electrons. The maximum absolute atomic E-state index is 5.91. The number of fused-ring (bicyclic) bond motifs is 2. The van der Waals surface area contributed by atoms with Crippen LogP contribution in [0.1, 0.15) is 12.2 Å². The van der Waals surface area contributed by atoms with Crippen molar-refractivity contribution in [2.75, 3.05) is 13.1 Å². The van der Waals surface area contributed by atoms with E-state index >= 15 is 0 Å². The molecule has 0 amide bonds. The number of hydrogen-bond acceptors (Lipinski definition) is 4. The van der Waals surface area contributed by atoms with Gasteiger partial charge in [0.05, 0.1) is 0 Å². The lowest BCUT2D eigenvalue weighted by molar-refractivity contribution is -0.0471. The summed E-state index contributed by atoms with van der Waals surface area (Å²) >= 11 is 0. The second-order valence-corrected chi connectivity index (χ2v) is 4.44. The molecule has 3 atom stereocenters. The van der Waals surface area contributed by atoms with Crippen LogP contribution in [0.3, 0.4) is 0 Å². The van der Waals surface area contributed by atoms with Crippen LogP contribution < -0.4 is 10.1 Å². The Balaban J connectivity index is 0.000000963. The topological polar surface area (TPSA) is 47.0 Å². The Labute approximate surface area is 101 Å². The SMILES string of the molecule is Cc1nccc(OC2[C@@H]3CNC[C@H]2C3)n1.Cl. The number of piperidine rings is 2. The first-order valence-electron chi connectivity index (χ1n) is 5.50. The number of rotatable bonds is 2. The minimum atomic E-state index is 0. The van der Waals surface area contributed by atoms with Crippen LogP contribution in [-0.4, -0.2) is 29.2 Å². The Bertz CT molecular complexity index is 360. The van der Waals surface area contributed by atoms with E-state index in [0.29, 0.717) is 17.9 Å². The number of nitrogens with one attached hydrogen (secondary N) is 1. The molecule has 2 bridgehead atoms. The van der Waals surface area contributed by atoms with E-state index in [1.165, 1.54) is 6.42 Å². The molecule has 16 heavy (non-hydrogen) atoms. The molecule has 1 aliphatic carbocycles.